The SMILES string of the molecule is CCN(Cc1ccccc1Cl)C(=O)C1(n2cccn2)CCNCC1.Cl. The Morgan fingerprint density at radius 2 is 2.04 bits per heavy atom. The highest BCUT2D eigenvalue weighted by atomic mass is 35.5. The van der Waals surface area contributed by atoms with E-state index in [0.717, 1.165) is 31.5 Å². The molecule has 1 aliphatic heterocycles. The van der Waals surface area contributed by atoms with Gasteiger partial charge in [-0.1, -0.05) is 29.8 Å². The Balaban J connectivity index is 0.00000225. The van der Waals surface area contributed by atoms with Crippen molar-refractivity contribution in [2.24, 2.45) is 0 Å². The van der Waals surface area contributed by atoms with E-state index in [0.29, 0.717) is 18.1 Å². The molecule has 5 nitrogen and oxygen atoms in total. The van der Waals surface area contributed by atoms with Crippen molar-refractivity contribution in [2.45, 2.75) is 31.8 Å². The topological polar surface area (TPSA) is 50.2 Å². The van der Waals surface area contributed by atoms with Crippen LogP contribution in [0.2, 0.25) is 5.02 Å². The third-order valence-electron chi connectivity index (χ3n) is 4.76. The lowest BCUT2D eigenvalue weighted by Gasteiger charge is -2.40. The Morgan fingerprint density at radius 3 is 2.64 bits per heavy atom. The number of carbonyl (C=O) groups excluding carboxylic acids is 1. The highest BCUT2D eigenvalue weighted by molar-refractivity contribution is 6.31. The molecular weight excluding hydrogens is 359 g/mol. The second-order valence-electron chi connectivity index (χ2n) is 6.14. The molecule has 1 fully saturated rings. The highest BCUT2D eigenvalue weighted by Crippen LogP contribution is 2.30. The zero-order valence-corrected chi connectivity index (χ0v) is 15.9. The summed E-state index contributed by atoms with van der Waals surface area (Å²) in [6.45, 7) is 4.79. The van der Waals surface area contributed by atoms with Gasteiger partial charge in [-0.3, -0.25) is 9.48 Å². The lowest BCUT2D eigenvalue weighted by molar-refractivity contribution is -0.143. The van der Waals surface area contributed by atoms with E-state index >= 15 is 0 Å². The predicted octanol–water partition coefficient (Wildman–Crippen LogP) is 3.09. The maximum Gasteiger partial charge on any atom is 0.250 e. The quantitative estimate of drug-likeness (QED) is 0.864. The van der Waals surface area contributed by atoms with Gasteiger partial charge in [0, 0.05) is 30.5 Å². The van der Waals surface area contributed by atoms with Gasteiger partial charge in [0.2, 0.25) is 0 Å². The molecule has 25 heavy (non-hydrogen) atoms. The van der Waals surface area contributed by atoms with Crippen molar-refractivity contribution in [1.82, 2.24) is 20.0 Å². The molecule has 2 aromatic rings. The number of carbonyl (C=O) groups is 1. The summed E-state index contributed by atoms with van der Waals surface area (Å²) in [5.41, 5.74) is 0.366. The second-order valence-corrected chi connectivity index (χ2v) is 6.55. The fourth-order valence-corrected chi connectivity index (χ4v) is 3.55. The Bertz CT molecular complexity index is 684. The number of amides is 1. The van der Waals surface area contributed by atoms with Gasteiger partial charge in [-0.15, -0.1) is 12.4 Å². The third kappa shape index (κ3) is 4.00. The molecule has 1 saturated heterocycles. The van der Waals surface area contributed by atoms with Gasteiger partial charge >= 0.3 is 0 Å². The first-order valence-corrected chi connectivity index (χ1v) is 8.79. The van der Waals surface area contributed by atoms with Gasteiger partial charge < -0.3 is 10.2 Å². The number of likely N-dealkylation sites (N-methyl/N-ethyl adjacent to an activating group) is 1. The van der Waals surface area contributed by atoms with Gasteiger partial charge in [0.15, 0.2) is 0 Å². The van der Waals surface area contributed by atoms with Crippen LogP contribution < -0.4 is 5.32 Å². The Labute approximate surface area is 159 Å². The van der Waals surface area contributed by atoms with Gasteiger partial charge in [-0.05, 0) is 50.6 Å². The second kappa shape index (κ2) is 8.70. The fourth-order valence-electron chi connectivity index (χ4n) is 3.36. The summed E-state index contributed by atoms with van der Waals surface area (Å²) in [6, 6.07) is 9.57. The average molecular weight is 383 g/mol. The predicted molar refractivity (Wildman–Crippen MR) is 102 cm³/mol. The normalized spacial score (nSPS) is 16.1. The van der Waals surface area contributed by atoms with Crippen LogP contribution in [-0.2, 0) is 16.9 Å². The molecule has 2 heterocycles. The van der Waals surface area contributed by atoms with Crippen molar-refractivity contribution in [2.75, 3.05) is 19.6 Å². The first kappa shape index (κ1) is 19.8. The summed E-state index contributed by atoms with van der Waals surface area (Å²) in [6.07, 6.45) is 5.12. The molecule has 1 amide bonds. The van der Waals surface area contributed by atoms with Crippen LogP contribution in [0.4, 0.5) is 0 Å². The smallest absolute Gasteiger partial charge is 0.250 e. The Hall–Kier alpha value is -1.56. The van der Waals surface area contributed by atoms with Crippen LogP contribution in [0.5, 0.6) is 0 Å². The number of aromatic nitrogens is 2. The molecule has 1 aromatic carbocycles. The molecule has 0 radical (unpaired) electrons. The van der Waals surface area contributed by atoms with Crippen molar-refractivity contribution in [3.63, 3.8) is 0 Å². The van der Waals surface area contributed by atoms with Crippen molar-refractivity contribution in [3.05, 3.63) is 53.3 Å². The van der Waals surface area contributed by atoms with Crippen molar-refractivity contribution in [3.8, 4) is 0 Å². The molecule has 1 aliphatic rings. The Kier molecular flexibility index (Phi) is 6.87. The molecular formula is C18H24Cl2N4O. The van der Waals surface area contributed by atoms with Crippen molar-refractivity contribution < 1.29 is 4.79 Å². The number of piperidine rings is 1. The first-order chi connectivity index (χ1) is 11.7. The first-order valence-electron chi connectivity index (χ1n) is 8.41. The number of benzene rings is 1. The average Bonchev–Trinajstić information content (AvgIpc) is 3.16. The molecule has 0 unspecified atom stereocenters. The third-order valence-corrected chi connectivity index (χ3v) is 5.13. The zero-order valence-electron chi connectivity index (χ0n) is 14.3. The number of hydrogen-bond acceptors (Lipinski definition) is 3. The number of nitrogens with zero attached hydrogens (tertiary/aromatic N) is 3. The minimum atomic E-state index is -0.605. The minimum absolute atomic E-state index is 0. The molecule has 0 saturated carbocycles. The molecule has 1 aromatic heterocycles. The molecule has 7 heteroatoms. The van der Waals surface area contributed by atoms with Crippen molar-refractivity contribution >= 4 is 29.9 Å². The number of nitrogens with one attached hydrogen (secondary N) is 1. The van der Waals surface area contributed by atoms with Crippen LogP contribution in [0.25, 0.3) is 0 Å². The molecule has 1 N–H and O–H groups in total. The van der Waals surface area contributed by atoms with E-state index in [2.05, 4.69) is 10.4 Å². The van der Waals surface area contributed by atoms with E-state index in [1.807, 2.05) is 53.0 Å². The van der Waals surface area contributed by atoms with E-state index in [1.165, 1.54) is 0 Å². The van der Waals surface area contributed by atoms with Crippen LogP contribution in [-0.4, -0.2) is 40.2 Å². The lowest BCUT2D eigenvalue weighted by Crippen LogP contribution is -2.55. The lowest BCUT2D eigenvalue weighted by atomic mass is 9.86. The summed E-state index contributed by atoms with van der Waals surface area (Å²) >= 11 is 6.28. The van der Waals surface area contributed by atoms with Gasteiger partial charge in [0.1, 0.15) is 5.54 Å². The maximum atomic E-state index is 13.5. The van der Waals surface area contributed by atoms with Gasteiger partial charge in [-0.25, -0.2) is 0 Å². The summed E-state index contributed by atoms with van der Waals surface area (Å²) in [5.74, 6) is 0.120. The van der Waals surface area contributed by atoms with Gasteiger partial charge in [0.25, 0.3) is 5.91 Å². The largest absolute Gasteiger partial charge is 0.336 e. The maximum absolute atomic E-state index is 13.5. The van der Waals surface area contributed by atoms with Crippen LogP contribution >= 0.6 is 24.0 Å². The van der Waals surface area contributed by atoms with Crippen LogP contribution in [0.3, 0.4) is 0 Å². The minimum Gasteiger partial charge on any atom is -0.336 e. The highest BCUT2D eigenvalue weighted by Gasteiger charge is 2.44. The number of rotatable bonds is 5. The molecule has 3 rings (SSSR count). The summed E-state index contributed by atoms with van der Waals surface area (Å²) in [5, 5.41) is 8.43. The van der Waals surface area contributed by atoms with Gasteiger partial charge in [-0.2, -0.15) is 5.10 Å². The molecule has 0 spiro atoms. The fraction of sp³-hybridized carbons (Fsp3) is 0.444. The monoisotopic (exact) mass is 382 g/mol. The van der Waals surface area contributed by atoms with E-state index in [4.69, 9.17) is 11.6 Å². The number of halogens is 2. The molecule has 136 valence electrons. The van der Waals surface area contributed by atoms with E-state index < -0.39 is 5.54 Å². The van der Waals surface area contributed by atoms with Gasteiger partial charge in [0.05, 0.1) is 0 Å². The van der Waals surface area contributed by atoms with Crippen LogP contribution in [0, 0.1) is 0 Å². The van der Waals surface area contributed by atoms with Crippen molar-refractivity contribution in [1.29, 1.82) is 0 Å². The van der Waals surface area contributed by atoms with E-state index in [1.54, 1.807) is 6.20 Å². The molecule has 0 aliphatic carbocycles. The number of hydrogen-bond donors (Lipinski definition) is 1. The summed E-state index contributed by atoms with van der Waals surface area (Å²) in [7, 11) is 0. The van der Waals surface area contributed by atoms with Crippen LogP contribution in [0.1, 0.15) is 25.3 Å². The standard InChI is InChI=1S/C18H23ClN4O.ClH/c1-2-22(14-15-6-3-4-7-16(15)19)17(24)18(8-11-20-12-9-18)23-13-5-10-21-23;/h3-7,10,13,20H,2,8-9,11-12,14H2,1H3;1H. The molecule has 0 bridgehead atoms. The summed E-state index contributed by atoms with van der Waals surface area (Å²) < 4.78 is 1.84. The Morgan fingerprint density at radius 1 is 1.32 bits per heavy atom. The van der Waals surface area contributed by atoms with Crippen LogP contribution in [0.15, 0.2) is 42.7 Å². The van der Waals surface area contributed by atoms with E-state index in [9.17, 15) is 4.79 Å². The summed E-state index contributed by atoms with van der Waals surface area (Å²) in [4.78, 5) is 15.3. The zero-order chi connectivity index (χ0) is 17.0. The molecule has 0 atom stereocenters. The van der Waals surface area contributed by atoms with E-state index in [-0.39, 0.29) is 18.3 Å².